The highest BCUT2D eigenvalue weighted by atomic mass is 32.2. The Morgan fingerprint density at radius 2 is 2.00 bits per heavy atom. The molecule has 2 N–H and O–H groups in total. The predicted octanol–water partition coefficient (Wildman–Crippen LogP) is -1.63. The lowest BCUT2D eigenvalue weighted by Crippen LogP contribution is -2.38. The third-order valence-electron chi connectivity index (χ3n) is 2.77. The van der Waals surface area contributed by atoms with Crippen molar-refractivity contribution in [1.82, 2.24) is 10.0 Å². The van der Waals surface area contributed by atoms with Crippen LogP contribution in [0.2, 0.25) is 0 Å². The molecule has 1 aliphatic heterocycles. The third-order valence-corrected chi connectivity index (χ3v) is 4.20. The van der Waals surface area contributed by atoms with Crippen LogP contribution in [0.1, 0.15) is 12.8 Å². The smallest absolute Gasteiger partial charge is 0.322 e. The topological polar surface area (TPSA) is 111 Å². The quantitative estimate of drug-likeness (QED) is 0.566. The lowest BCUT2D eigenvalue weighted by atomic mass is 10.2. The van der Waals surface area contributed by atoms with Crippen LogP contribution in [0.5, 0.6) is 0 Å². The highest BCUT2D eigenvalue weighted by Crippen LogP contribution is 2.09. The molecule has 1 rings (SSSR count). The van der Waals surface area contributed by atoms with Crippen LogP contribution >= 0.6 is 0 Å². The highest BCUT2D eigenvalue weighted by molar-refractivity contribution is 7.89. The molecular formula is C10H18N2O6S. The molecule has 0 aromatic heterocycles. The van der Waals surface area contributed by atoms with E-state index in [0.717, 1.165) is 0 Å². The van der Waals surface area contributed by atoms with E-state index in [1.54, 1.807) is 0 Å². The summed E-state index contributed by atoms with van der Waals surface area (Å²) in [7, 11) is -1.09. The van der Waals surface area contributed by atoms with E-state index in [1.165, 1.54) is 14.2 Å². The molecule has 0 bridgehead atoms. The monoisotopic (exact) mass is 294 g/mol. The van der Waals surface area contributed by atoms with Gasteiger partial charge in [0.05, 0.1) is 26.4 Å². The average molecular weight is 294 g/mol. The second-order valence-electron chi connectivity index (χ2n) is 4.18. The van der Waals surface area contributed by atoms with E-state index < -0.39 is 28.0 Å². The van der Waals surface area contributed by atoms with Crippen molar-refractivity contribution in [2.75, 3.05) is 26.5 Å². The number of esters is 2. The molecule has 9 heteroatoms. The number of nitrogens with one attached hydrogen (secondary N) is 2. The first kappa shape index (κ1) is 15.9. The molecule has 19 heavy (non-hydrogen) atoms. The molecule has 0 aliphatic carbocycles. The Hall–Kier alpha value is -1.19. The molecule has 0 aromatic rings. The van der Waals surface area contributed by atoms with E-state index in [-0.39, 0.29) is 18.2 Å². The van der Waals surface area contributed by atoms with E-state index in [1.807, 2.05) is 0 Å². The van der Waals surface area contributed by atoms with Crippen molar-refractivity contribution in [3.05, 3.63) is 0 Å². The standard InChI is InChI=1S/C10H18N2O6S/c1-17-9(13)3-4-19(15,16)12-7-5-8(11-6-7)10(14)18-2/h7-8,11-12H,3-6H2,1-2H3/t7-,8+/m1/s1. The number of sulfonamides is 1. The first-order chi connectivity index (χ1) is 8.88. The Morgan fingerprint density at radius 1 is 1.32 bits per heavy atom. The van der Waals surface area contributed by atoms with Gasteiger partial charge in [0.15, 0.2) is 0 Å². The summed E-state index contributed by atoms with van der Waals surface area (Å²) < 4.78 is 34.8. The zero-order valence-corrected chi connectivity index (χ0v) is 11.7. The molecule has 1 aliphatic rings. The first-order valence-electron chi connectivity index (χ1n) is 5.76. The van der Waals surface area contributed by atoms with E-state index >= 15 is 0 Å². The van der Waals surface area contributed by atoms with Crippen LogP contribution in [0.4, 0.5) is 0 Å². The van der Waals surface area contributed by atoms with Crippen molar-refractivity contribution in [2.24, 2.45) is 0 Å². The number of ether oxygens (including phenoxy) is 2. The summed E-state index contributed by atoms with van der Waals surface area (Å²) in [4.78, 5) is 22.1. The minimum absolute atomic E-state index is 0.202. The van der Waals surface area contributed by atoms with Gasteiger partial charge in [0, 0.05) is 12.6 Å². The maximum atomic E-state index is 11.7. The summed E-state index contributed by atoms with van der Waals surface area (Å²) in [5.41, 5.74) is 0. The summed E-state index contributed by atoms with van der Waals surface area (Å²) in [5, 5.41) is 2.86. The van der Waals surface area contributed by atoms with Gasteiger partial charge in [-0.1, -0.05) is 0 Å². The number of hydrogen-bond donors (Lipinski definition) is 2. The van der Waals surface area contributed by atoms with Crippen LogP contribution < -0.4 is 10.0 Å². The number of carbonyl (C=O) groups excluding carboxylic acids is 2. The van der Waals surface area contributed by atoms with Gasteiger partial charge >= 0.3 is 11.9 Å². The molecule has 2 atom stereocenters. The second kappa shape index (κ2) is 6.83. The van der Waals surface area contributed by atoms with Gasteiger partial charge in [-0.2, -0.15) is 0 Å². The van der Waals surface area contributed by atoms with Gasteiger partial charge in [0.2, 0.25) is 10.0 Å². The molecular weight excluding hydrogens is 276 g/mol. The molecule has 0 unspecified atom stereocenters. The molecule has 1 heterocycles. The zero-order valence-electron chi connectivity index (χ0n) is 10.8. The van der Waals surface area contributed by atoms with Gasteiger partial charge in [-0.05, 0) is 6.42 Å². The fourth-order valence-electron chi connectivity index (χ4n) is 1.78. The van der Waals surface area contributed by atoms with Crippen molar-refractivity contribution >= 4 is 22.0 Å². The summed E-state index contributed by atoms with van der Waals surface area (Å²) in [6.45, 7) is 0.344. The summed E-state index contributed by atoms with van der Waals surface area (Å²) in [5.74, 6) is -1.34. The molecule has 0 radical (unpaired) electrons. The number of hydrogen-bond acceptors (Lipinski definition) is 7. The lowest BCUT2D eigenvalue weighted by molar-refractivity contribution is -0.142. The molecule has 1 saturated heterocycles. The van der Waals surface area contributed by atoms with Crippen LogP contribution in [0, 0.1) is 0 Å². The van der Waals surface area contributed by atoms with Crippen molar-refractivity contribution in [3.8, 4) is 0 Å². The van der Waals surface area contributed by atoms with Crippen molar-refractivity contribution in [3.63, 3.8) is 0 Å². The van der Waals surface area contributed by atoms with Crippen LogP contribution in [-0.4, -0.2) is 59.0 Å². The predicted molar refractivity (Wildman–Crippen MR) is 65.8 cm³/mol. The third kappa shape index (κ3) is 5.13. The van der Waals surface area contributed by atoms with Gasteiger partial charge in [0.1, 0.15) is 6.04 Å². The Kier molecular flexibility index (Phi) is 5.70. The van der Waals surface area contributed by atoms with Gasteiger partial charge in [-0.3, -0.25) is 9.59 Å². The van der Waals surface area contributed by atoms with Crippen LogP contribution in [0.3, 0.4) is 0 Å². The van der Waals surface area contributed by atoms with Crippen LogP contribution in [0.25, 0.3) is 0 Å². The Morgan fingerprint density at radius 3 is 2.58 bits per heavy atom. The SMILES string of the molecule is COC(=O)CCS(=O)(=O)N[C@H]1CN[C@H](C(=O)OC)C1. The van der Waals surface area contributed by atoms with E-state index in [9.17, 15) is 18.0 Å². The van der Waals surface area contributed by atoms with Gasteiger partial charge < -0.3 is 14.8 Å². The molecule has 0 aromatic carbocycles. The number of carbonyl (C=O) groups is 2. The summed E-state index contributed by atoms with van der Waals surface area (Å²) >= 11 is 0. The van der Waals surface area contributed by atoms with E-state index in [2.05, 4.69) is 19.5 Å². The van der Waals surface area contributed by atoms with Gasteiger partial charge in [-0.15, -0.1) is 0 Å². The normalized spacial score (nSPS) is 23.1. The largest absolute Gasteiger partial charge is 0.469 e. The minimum atomic E-state index is -3.57. The number of methoxy groups -OCH3 is 2. The van der Waals surface area contributed by atoms with Crippen molar-refractivity contribution in [2.45, 2.75) is 24.9 Å². The van der Waals surface area contributed by atoms with Crippen molar-refractivity contribution in [1.29, 1.82) is 0 Å². The molecule has 0 spiro atoms. The van der Waals surface area contributed by atoms with Crippen LogP contribution in [-0.2, 0) is 29.1 Å². The number of rotatable bonds is 6. The maximum Gasteiger partial charge on any atom is 0.322 e. The van der Waals surface area contributed by atoms with E-state index in [0.29, 0.717) is 13.0 Å². The zero-order chi connectivity index (χ0) is 14.5. The Bertz CT molecular complexity index is 435. The highest BCUT2D eigenvalue weighted by Gasteiger charge is 2.32. The fourth-order valence-corrected chi connectivity index (χ4v) is 3.02. The second-order valence-corrected chi connectivity index (χ2v) is 6.05. The van der Waals surface area contributed by atoms with Crippen molar-refractivity contribution < 1.29 is 27.5 Å². The average Bonchev–Trinajstić information content (AvgIpc) is 2.82. The molecule has 0 amide bonds. The Labute approximate surface area is 111 Å². The van der Waals surface area contributed by atoms with Crippen LogP contribution in [0.15, 0.2) is 0 Å². The first-order valence-corrected chi connectivity index (χ1v) is 7.41. The fraction of sp³-hybridized carbons (Fsp3) is 0.800. The van der Waals surface area contributed by atoms with E-state index in [4.69, 9.17) is 0 Å². The summed E-state index contributed by atoms with van der Waals surface area (Å²) in [6.07, 6.45) is 0.122. The molecule has 8 nitrogen and oxygen atoms in total. The molecule has 110 valence electrons. The Balaban J connectivity index is 2.43. The van der Waals surface area contributed by atoms with Gasteiger partial charge in [-0.25, -0.2) is 13.1 Å². The maximum absolute atomic E-state index is 11.7. The minimum Gasteiger partial charge on any atom is -0.469 e. The van der Waals surface area contributed by atoms with Gasteiger partial charge in [0.25, 0.3) is 0 Å². The lowest BCUT2D eigenvalue weighted by Gasteiger charge is -2.11. The molecule has 1 fully saturated rings. The molecule has 0 saturated carbocycles. The summed E-state index contributed by atoms with van der Waals surface area (Å²) in [6, 6.07) is -0.884.